The molecule has 0 bridgehead atoms. The summed E-state index contributed by atoms with van der Waals surface area (Å²) >= 11 is 0. The Bertz CT molecular complexity index is 893. The number of amides is 1. The van der Waals surface area contributed by atoms with Gasteiger partial charge in [-0.2, -0.15) is 13.2 Å². The number of nitrogens with zero attached hydrogens (tertiary/aromatic N) is 1. The molecule has 0 aromatic heterocycles. The number of carboxylic acids is 1. The molecule has 1 aromatic carbocycles. The predicted octanol–water partition coefficient (Wildman–Crippen LogP) is 3.11. The second-order valence-electron chi connectivity index (χ2n) is 7.58. The minimum atomic E-state index is -4.87. The van der Waals surface area contributed by atoms with Crippen molar-refractivity contribution in [2.45, 2.75) is 60.9 Å². The summed E-state index contributed by atoms with van der Waals surface area (Å²) in [5.74, 6) is -2.13. The molecule has 2 atom stereocenters. The van der Waals surface area contributed by atoms with Gasteiger partial charge in [-0.25, -0.2) is 13.2 Å². The van der Waals surface area contributed by atoms with E-state index < -0.39 is 62.6 Å². The van der Waals surface area contributed by atoms with Gasteiger partial charge in [-0.05, 0) is 31.4 Å². The van der Waals surface area contributed by atoms with Gasteiger partial charge < -0.3 is 10.0 Å². The van der Waals surface area contributed by atoms with E-state index in [1.54, 1.807) is 0 Å². The first-order valence-electron chi connectivity index (χ1n) is 9.47. The van der Waals surface area contributed by atoms with Crippen LogP contribution in [0.1, 0.15) is 44.1 Å². The van der Waals surface area contributed by atoms with Crippen LogP contribution in [0.5, 0.6) is 0 Å². The third-order valence-corrected chi connectivity index (χ3v) is 7.91. The zero-order chi connectivity index (χ0) is 21.4. The van der Waals surface area contributed by atoms with E-state index in [0.717, 1.165) is 36.3 Å². The Morgan fingerprint density at radius 1 is 1.07 bits per heavy atom. The van der Waals surface area contributed by atoms with Crippen LogP contribution in [0.3, 0.4) is 0 Å². The Morgan fingerprint density at radius 3 is 2.28 bits per heavy atom. The molecule has 1 amide bonds. The maximum absolute atomic E-state index is 13.3. The van der Waals surface area contributed by atoms with Gasteiger partial charge in [0.25, 0.3) is 0 Å². The van der Waals surface area contributed by atoms with Crippen LogP contribution in [0.15, 0.2) is 29.2 Å². The molecule has 160 valence electrons. The second-order valence-corrected chi connectivity index (χ2v) is 9.77. The van der Waals surface area contributed by atoms with Gasteiger partial charge in [0.1, 0.15) is 6.04 Å². The first kappa shape index (κ1) is 21.6. The number of hydrogen-bond acceptors (Lipinski definition) is 4. The van der Waals surface area contributed by atoms with E-state index in [-0.39, 0.29) is 5.92 Å². The number of hydrogen-bond donors (Lipinski definition) is 1. The molecular weight excluding hydrogens is 411 g/mol. The highest BCUT2D eigenvalue weighted by Crippen LogP contribution is 2.38. The fraction of sp³-hybridized carbons (Fsp3) is 0.579. The predicted molar refractivity (Wildman–Crippen MR) is 96.7 cm³/mol. The van der Waals surface area contributed by atoms with Gasteiger partial charge >= 0.3 is 12.1 Å². The van der Waals surface area contributed by atoms with Crippen LogP contribution >= 0.6 is 0 Å². The van der Waals surface area contributed by atoms with Gasteiger partial charge in [-0.1, -0.05) is 31.4 Å². The lowest BCUT2D eigenvalue weighted by atomic mass is 9.88. The van der Waals surface area contributed by atoms with Gasteiger partial charge in [0, 0.05) is 12.5 Å². The van der Waals surface area contributed by atoms with Crippen molar-refractivity contribution in [3.8, 4) is 0 Å². The normalized spacial score (nSPS) is 23.9. The number of likely N-dealkylation sites (tertiary alicyclic amines) is 1. The van der Waals surface area contributed by atoms with Gasteiger partial charge in [0.15, 0.2) is 9.84 Å². The summed E-state index contributed by atoms with van der Waals surface area (Å²) in [6.45, 7) is -0.416. The minimum Gasteiger partial charge on any atom is -0.480 e. The van der Waals surface area contributed by atoms with Crippen molar-refractivity contribution in [2.75, 3.05) is 6.54 Å². The first-order chi connectivity index (χ1) is 13.5. The summed E-state index contributed by atoms with van der Waals surface area (Å²) < 4.78 is 65.9. The molecule has 2 aliphatic rings. The fourth-order valence-electron chi connectivity index (χ4n) is 4.21. The highest BCUT2D eigenvalue weighted by Gasteiger charge is 2.48. The van der Waals surface area contributed by atoms with Crippen molar-refractivity contribution >= 4 is 21.7 Å². The van der Waals surface area contributed by atoms with E-state index in [9.17, 15) is 36.3 Å². The molecule has 0 radical (unpaired) electrons. The summed E-state index contributed by atoms with van der Waals surface area (Å²) in [4.78, 5) is 24.7. The molecular formula is C19H22F3NO5S. The Labute approximate surface area is 166 Å². The average molecular weight is 433 g/mol. The number of carbonyl (C=O) groups excluding carboxylic acids is 1. The third-order valence-electron chi connectivity index (χ3n) is 5.72. The molecule has 1 aliphatic heterocycles. The summed E-state index contributed by atoms with van der Waals surface area (Å²) in [6.07, 6.45) is -1.43. The van der Waals surface area contributed by atoms with Crippen molar-refractivity contribution in [1.82, 2.24) is 4.90 Å². The van der Waals surface area contributed by atoms with Gasteiger partial charge in [-0.3, -0.25) is 4.79 Å². The van der Waals surface area contributed by atoms with Crippen molar-refractivity contribution in [2.24, 2.45) is 5.92 Å². The lowest BCUT2D eigenvalue weighted by Gasteiger charge is -2.28. The zero-order valence-corrected chi connectivity index (χ0v) is 16.4. The number of carboxylic acid groups (broad SMARTS) is 1. The summed E-state index contributed by atoms with van der Waals surface area (Å²) in [6, 6.07) is 2.48. The molecule has 2 unspecified atom stereocenters. The standard InChI is InChI=1S/C19H22F3NO5S/c20-19(21,22)14-8-4-5-9-16(14)29(27,28)13-10-15(18(25)26)23(11-13)17(24)12-6-2-1-3-7-12/h4-5,8-9,12-13,15H,1-3,6-7,10-11H2,(H,25,26). The molecule has 1 aromatic rings. The smallest absolute Gasteiger partial charge is 0.417 e. The van der Waals surface area contributed by atoms with Crippen LogP contribution in [0, 0.1) is 5.92 Å². The summed E-state index contributed by atoms with van der Waals surface area (Å²) in [5, 5.41) is 8.10. The maximum Gasteiger partial charge on any atom is 0.417 e. The molecule has 1 saturated carbocycles. The van der Waals surface area contributed by atoms with Gasteiger partial charge in [-0.15, -0.1) is 0 Å². The van der Waals surface area contributed by atoms with Crippen molar-refractivity contribution in [1.29, 1.82) is 0 Å². The molecule has 10 heteroatoms. The largest absolute Gasteiger partial charge is 0.480 e. The number of halogens is 3. The summed E-state index contributed by atoms with van der Waals surface area (Å²) in [7, 11) is -4.49. The van der Waals surface area contributed by atoms with Crippen LogP contribution in [0.2, 0.25) is 0 Å². The molecule has 1 N–H and O–H groups in total. The van der Waals surface area contributed by atoms with Gasteiger partial charge in [0.05, 0.1) is 15.7 Å². The Morgan fingerprint density at radius 2 is 1.69 bits per heavy atom. The van der Waals surface area contributed by atoms with Crippen LogP contribution in [-0.4, -0.2) is 48.1 Å². The molecule has 3 rings (SSSR count). The molecule has 29 heavy (non-hydrogen) atoms. The van der Waals surface area contributed by atoms with Crippen LogP contribution in [0.4, 0.5) is 13.2 Å². The monoisotopic (exact) mass is 433 g/mol. The topological polar surface area (TPSA) is 91.8 Å². The van der Waals surface area contributed by atoms with E-state index in [0.29, 0.717) is 18.9 Å². The van der Waals surface area contributed by atoms with E-state index in [1.165, 1.54) is 6.07 Å². The number of sulfone groups is 1. The lowest BCUT2D eigenvalue weighted by molar-refractivity contribution is -0.150. The van der Waals surface area contributed by atoms with Crippen LogP contribution in [-0.2, 0) is 25.6 Å². The molecule has 6 nitrogen and oxygen atoms in total. The highest BCUT2D eigenvalue weighted by molar-refractivity contribution is 7.92. The Kier molecular flexibility index (Phi) is 5.93. The van der Waals surface area contributed by atoms with Crippen molar-refractivity contribution in [3.63, 3.8) is 0 Å². The minimum absolute atomic E-state index is 0.366. The molecule has 1 aliphatic carbocycles. The third kappa shape index (κ3) is 4.26. The van der Waals surface area contributed by atoms with E-state index in [2.05, 4.69) is 0 Å². The van der Waals surface area contributed by atoms with Crippen LogP contribution in [0.25, 0.3) is 0 Å². The Balaban J connectivity index is 1.92. The molecule has 0 spiro atoms. The second kappa shape index (κ2) is 7.97. The highest BCUT2D eigenvalue weighted by atomic mass is 32.2. The fourth-order valence-corrected chi connectivity index (χ4v) is 6.12. The number of rotatable bonds is 4. The molecule has 1 heterocycles. The quantitative estimate of drug-likeness (QED) is 0.788. The number of benzene rings is 1. The molecule has 2 fully saturated rings. The average Bonchev–Trinajstić information content (AvgIpc) is 3.14. The number of alkyl halides is 3. The van der Waals surface area contributed by atoms with Crippen molar-refractivity contribution in [3.05, 3.63) is 29.8 Å². The van der Waals surface area contributed by atoms with Gasteiger partial charge in [0.2, 0.25) is 5.91 Å². The summed E-state index contributed by atoms with van der Waals surface area (Å²) in [5.41, 5.74) is -1.29. The van der Waals surface area contributed by atoms with Crippen molar-refractivity contribution < 1.29 is 36.3 Å². The van der Waals surface area contributed by atoms with E-state index in [1.807, 2.05) is 0 Å². The Hall–Kier alpha value is -2.10. The lowest BCUT2D eigenvalue weighted by Crippen LogP contribution is -2.44. The number of aliphatic carboxylic acids is 1. The zero-order valence-electron chi connectivity index (χ0n) is 15.6. The van der Waals surface area contributed by atoms with E-state index in [4.69, 9.17) is 0 Å². The molecule has 1 saturated heterocycles. The van der Waals surface area contributed by atoms with Crippen LogP contribution < -0.4 is 0 Å². The maximum atomic E-state index is 13.3. The first-order valence-corrected chi connectivity index (χ1v) is 11.0. The van der Waals surface area contributed by atoms with E-state index >= 15 is 0 Å². The SMILES string of the molecule is O=C(O)C1CC(S(=O)(=O)c2ccccc2C(F)(F)F)CN1C(=O)C1CCCCC1. The number of carbonyl (C=O) groups is 2.